The van der Waals surface area contributed by atoms with Gasteiger partial charge in [-0.05, 0) is 19.6 Å². The fourth-order valence-corrected chi connectivity index (χ4v) is 2.45. The Balaban J connectivity index is 2.42. The van der Waals surface area contributed by atoms with Crippen LogP contribution in [0.15, 0.2) is 0 Å². The van der Waals surface area contributed by atoms with Gasteiger partial charge < -0.3 is 5.32 Å². The molecule has 0 bridgehead atoms. The van der Waals surface area contributed by atoms with Gasteiger partial charge in [0, 0.05) is 29.7 Å². The zero-order valence-electron chi connectivity index (χ0n) is 8.91. The summed E-state index contributed by atoms with van der Waals surface area (Å²) >= 11 is 3.30. The van der Waals surface area contributed by atoms with Crippen LogP contribution in [0.25, 0.3) is 0 Å². The first-order valence-corrected chi connectivity index (χ1v) is 7.01. The van der Waals surface area contributed by atoms with Gasteiger partial charge in [-0.25, -0.2) is 4.98 Å². The summed E-state index contributed by atoms with van der Waals surface area (Å²) in [4.78, 5) is 4.41. The van der Waals surface area contributed by atoms with Crippen LogP contribution >= 0.6 is 23.3 Å². The van der Waals surface area contributed by atoms with Crippen LogP contribution < -0.4 is 5.32 Å². The highest BCUT2D eigenvalue weighted by molar-refractivity contribution is 7.98. The van der Waals surface area contributed by atoms with Crippen molar-refractivity contribution in [1.29, 1.82) is 0 Å². The molecule has 3 nitrogen and oxygen atoms in total. The van der Waals surface area contributed by atoms with Crippen molar-refractivity contribution in [3.05, 3.63) is 5.82 Å². The van der Waals surface area contributed by atoms with E-state index < -0.39 is 0 Å². The molecule has 1 aromatic heterocycles. The molecule has 1 N–H and O–H groups in total. The molecule has 1 heterocycles. The van der Waals surface area contributed by atoms with E-state index in [1.165, 1.54) is 11.5 Å². The molecular formula is C9H17N3S2. The maximum atomic E-state index is 4.41. The summed E-state index contributed by atoms with van der Waals surface area (Å²) in [5.41, 5.74) is 0. The number of nitrogens with zero attached hydrogens (tertiary/aromatic N) is 2. The number of hydrogen-bond acceptors (Lipinski definition) is 5. The third-order valence-electron chi connectivity index (χ3n) is 1.73. The largest absolute Gasteiger partial charge is 0.357 e. The second-order valence-corrected chi connectivity index (χ2v) is 4.93. The first-order valence-electron chi connectivity index (χ1n) is 4.84. The van der Waals surface area contributed by atoms with Gasteiger partial charge >= 0.3 is 0 Å². The molecule has 0 saturated heterocycles. The predicted octanol–water partition coefficient (Wildman–Crippen LogP) is 2.65. The van der Waals surface area contributed by atoms with Crippen LogP contribution in [0, 0.1) is 0 Å². The SMILES string of the molecule is CCCc1nsc(NC(C)CSC)n1. The Bertz CT molecular complexity index is 262. The van der Waals surface area contributed by atoms with E-state index in [2.05, 4.69) is 34.8 Å². The van der Waals surface area contributed by atoms with E-state index in [9.17, 15) is 0 Å². The molecule has 1 unspecified atom stereocenters. The lowest BCUT2D eigenvalue weighted by molar-refractivity contribution is 0.854. The van der Waals surface area contributed by atoms with Crippen molar-refractivity contribution in [3.63, 3.8) is 0 Å². The molecule has 0 saturated carbocycles. The van der Waals surface area contributed by atoms with Gasteiger partial charge in [0.25, 0.3) is 0 Å². The first kappa shape index (κ1) is 11.8. The van der Waals surface area contributed by atoms with E-state index in [0.29, 0.717) is 6.04 Å². The van der Waals surface area contributed by atoms with Crippen LogP contribution in [0.3, 0.4) is 0 Å². The Kier molecular flexibility index (Phi) is 5.25. The Morgan fingerprint density at radius 1 is 1.57 bits per heavy atom. The van der Waals surface area contributed by atoms with Crippen LogP contribution in [0.5, 0.6) is 0 Å². The summed E-state index contributed by atoms with van der Waals surface area (Å²) in [7, 11) is 0. The van der Waals surface area contributed by atoms with Crippen molar-refractivity contribution in [2.75, 3.05) is 17.3 Å². The maximum Gasteiger partial charge on any atom is 0.202 e. The fraction of sp³-hybridized carbons (Fsp3) is 0.778. The van der Waals surface area contributed by atoms with E-state index in [1.807, 2.05) is 11.8 Å². The monoisotopic (exact) mass is 231 g/mol. The molecular weight excluding hydrogens is 214 g/mol. The lowest BCUT2D eigenvalue weighted by Crippen LogP contribution is -2.17. The molecule has 1 aromatic rings. The van der Waals surface area contributed by atoms with Gasteiger partial charge in [-0.15, -0.1) is 0 Å². The summed E-state index contributed by atoms with van der Waals surface area (Å²) in [5, 5.41) is 4.30. The van der Waals surface area contributed by atoms with Crippen LogP contribution in [0.4, 0.5) is 5.13 Å². The van der Waals surface area contributed by atoms with Crippen molar-refractivity contribution in [3.8, 4) is 0 Å². The fourth-order valence-electron chi connectivity index (χ4n) is 1.14. The highest BCUT2D eigenvalue weighted by atomic mass is 32.2. The molecule has 14 heavy (non-hydrogen) atoms. The van der Waals surface area contributed by atoms with E-state index in [0.717, 1.165) is 29.6 Å². The third kappa shape index (κ3) is 3.84. The summed E-state index contributed by atoms with van der Waals surface area (Å²) < 4.78 is 4.28. The third-order valence-corrected chi connectivity index (χ3v) is 3.25. The molecule has 80 valence electrons. The van der Waals surface area contributed by atoms with Crippen molar-refractivity contribution >= 4 is 28.4 Å². The number of aryl methyl sites for hydroxylation is 1. The first-order chi connectivity index (χ1) is 6.76. The molecule has 0 aliphatic carbocycles. The van der Waals surface area contributed by atoms with Crippen LogP contribution in [-0.4, -0.2) is 27.4 Å². The molecule has 0 aliphatic rings. The van der Waals surface area contributed by atoms with Gasteiger partial charge in [0.05, 0.1) is 0 Å². The van der Waals surface area contributed by atoms with Crippen molar-refractivity contribution in [2.45, 2.75) is 32.7 Å². The zero-order chi connectivity index (χ0) is 10.4. The molecule has 0 radical (unpaired) electrons. The van der Waals surface area contributed by atoms with Crippen LogP contribution in [0.1, 0.15) is 26.1 Å². The quantitative estimate of drug-likeness (QED) is 0.817. The Morgan fingerprint density at radius 3 is 3.00 bits per heavy atom. The average Bonchev–Trinajstić information content (AvgIpc) is 2.53. The van der Waals surface area contributed by atoms with Crippen LogP contribution in [-0.2, 0) is 6.42 Å². The molecule has 0 fully saturated rings. The molecule has 0 aliphatic heterocycles. The molecule has 0 aromatic carbocycles. The molecule has 0 spiro atoms. The minimum atomic E-state index is 0.465. The van der Waals surface area contributed by atoms with Gasteiger partial charge in [0.2, 0.25) is 5.13 Å². The molecule has 1 atom stereocenters. The van der Waals surface area contributed by atoms with E-state index in [4.69, 9.17) is 0 Å². The lowest BCUT2D eigenvalue weighted by Gasteiger charge is -2.09. The lowest BCUT2D eigenvalue weighted by atomic mass is 10.3. The predicted molar refractivity (Wildman–Crippen MR) is 65.4 cm³/mol. The average molecular weight is 231 g/mol. The van der Waals surface area contributed by atoms with E-state index in [-0.39, 0.29) is 0 Å². The molecule has 0 amide bonds. The number of nitrogens with one attached hydrogen (secondary N) is 1. The Morgan fingerprint density at radius 2 is 2.36 bits per heavy atom. The topological polar surface area (TPSA) is 37.8 Å². The van der Waals surface area contributed by atoms with E-state index >= 15 is 0 Å². The highest BCUT2D eigenvalue weighted by Gasteiger charge is 2.06. The van der Waals surface area contributed by atoms with Gasteiger partial charge in [-0.3, -0.25) is 0 Å². The Hall–Kier alpha value is -0.290. The standard InChI is InChI=1S/C9H17N3S2/c1-4-5-8-11-9(14-12-8)10-7(2)6-13-3/h7H,4-6H2,1-3H3,(H,10,11,12). The second kappa shape index (κ2) is 6.24. The smallest absolute Gasteiger partial charge is 0.202 e. The second-order valence-electron chi connectivity index (χ2n) is 3.27. The van der Waals surface area contributed by atoms with Crippen molar-refractivity contribution in [1.82, 2.24) is 9.36 Å². The van der Waals surface area contributed by atoms with Gasteiger partial charge in [-0.1, -0.05) is 6.92 Å². The number of rotatable bonds is 6. The number of anilines is 1. The minimum Gasteiger partial charge on any atom is -0.357 e. The normalized spacial score (nSPS) is 12.8. The van der Waals surface area contributed by atoms with Crippen LogP contribution in [0.2, 0.25) is 0 Å². The maximum absolute atomic E-state index is 4.41. The summed E-state index contributed by atoms with van der Waals surface area (Å²) in [6, 6.07) is 0.465. The minimum absolute atomic E-state index is 0.465. The van der Waals surface area contributed by atoms with Gasteiger partial charge in [-0.2, -0.15) is 16.1 Å². The number of hydrogen-bond donors (Lipinski definition) is 1. The Labute approximate surface area is 93.9 Å². The van der Waals surface area contributed by atoms with Gasteiger partial charge in [0.15, 0.2) is 0 Å². The summed E-state index contributed by atoms with van der Waals surface area (Å²) in [5.74, 6) is 2.07. The van der Waals surface area contributed by atoms with Gasteiger partial charge in [0.1, 0.15) is 5.82 Å². The van der Waals surface area contributed by atoms with Crippen molar-refractivity contribution in [2.24, 2.45) is 0 Å². The van der Waals surface area contributed by atoms with E-state index in [1.54, 1.807) is 0 Å². The number of thioether (sulfide) groups is 1. The molecule has 1 rings (SSSR count). The summed E-state index contributed by atoms with van der Waals surface area (Å²) in [6.45, 7) is 4.31. The zero-order valence-corrected chi connectivity index (χ0v) is 10.5. The summed E-state index contributed by atoms with van der Waals surface area (Å²) in [6.07, 6.45) is 4.20. The number of aromatic nitrogens is 2. The van der Waals surface area contributed by atoms with Crippen molar-refractivity contribution < 1.29 is 0 Å². The molecule has 5 heteroatoms. The highest BCUT2D eigenvalue weighted by Crippen LogP contribution is 2.14.